The van der Waals surface area contributed by atoms with Gasteiger partial charge in [-0.2, -0.15) is 5.26 Å². The van der Waals surface area contributed by atoms with Crippen molar-refractivity contribution >= 4 is 17.7 Å². The van der Waals surface area contributed by atoms with Crippen molar-refractivity contribution < 1.29 is 4.79 Å². The molecule has 1 heterocycles. The van der Waals surface area contributed by atoms with Crippen LogP contribution < -0.4 is 5.32 Å². The lowest BCUT2D eigenvalue weighted by atomic mass is 9.98. The zero-order valence-electron chi connectivity index (χ0n) is 14.3. The average molecular weight is 355 g/mol. The predicted molar refractivity (Wildman–Crippen MR) is 95.9 cm³/mol. The van der Waals surface area contributed by atoms with E-state index in [4.69, 9.17) is 0 Å². The zero-order valence-corrected chi connectivity index (χ0v) is 15.2. The maximum atomic E-state index is 12.3. The minimum absolute atomic E-state index is 0.0811. The number of hydrogen-bond donors (Lipinski definition) is 1. The van der Waals surface area contributed by atoms with Crippen LogP contribution in [0.2, 0.25) is 0 Å². The number of carbonyl (C=O) groups excluding carboxylic acids is 1. The molecule has 0 aliphatic heterocycles. The third-order valence-corrected chi connectivity index (χ3v) is 5.55. The van der Waals surface area contributed by atoms with Crippen molar-refractivity contribution in [3.8, 4) is 6.07 Å². The van der Waals surface area contributed by atoms with Crippen molar-refractivity contribution in [2.45, 2.75) is 43.4 Å². The summed E-state index contributed by atoms with van der Waals surface area (Å²) in [6.45, 7) is 3.87. The topological polar surface area (TPSA) is 83.6 Å². The van der Waals surface area contributed by atoms with Crippen LogP contribution in [0.15, 0.2) is 41.8 Å². The Morgan fingerprint density at radius 3 is 2.84 bits per heavy atom. The van der Waals surface area contributed by atoms with Gasteiger partial charge in [0.15, 0.2) is 5.16 Å². The van der Waals surface area contributed by atoms with Crippen LogP contribution in [0, 0.1) is 17.2 Å². The summed E-state index contributed by atoms with van der Waals surface area (Å²) in [7, 11) is 0. The van der Waals surface area contributed by atoms with E-state index in [1.165, 1.54) is 11.8 Å². The molecule has 0 unspecified atom stereocenters. The van der Waals surface area contributed by atoms with E-state index in [2.05, 4.69) is 40.6 Å². The third-order valence-electron chi connectivity index (χ3n) is 4.60. The smallest absolute Gasteiger partial charge is 0.231 e. The second-order valence-electron chi connectivity index (χ2n) is 6.53. The Morgan fingerprint density at radius 2 is 2.20 bits per heavy atom. The van der Waals surface area contributed by atoms with Gasteiger partial charge in [0.2, 0.25) is 5.91 Å². The van der Waals surface area contributed by atoms with E-state index in [1.54, 1.807) is 13.3 Å². The molecule has 2 aromatic rings. The Bertz CT molecular complexity index is 780. The lowest BCUT2D eigenvalue weighted by molar-refractivity contribution is -0.119. The molecule has 0 bridgehead atoms. The van der Waals surface area contributed by atoms with Crippen LogP contribution in [-0.4, -0.2) is 32.0 Å². The van der Waals surface area contributed by atoms with Crippen molar-refractivity contribution in [2.75, 3.05) is 5.75 Å². The highest BCUT2D eigenvalue weighted by atomic mass is 32.2. The number of nitrogens with one attached hydrogen (secondary N) is 1. The fraction of sp³-hybridized carbons (Fsp3) is 0.444. The molecule has 1 fully saturated rings. The van der Waals surface area contributed by atoms with Gasteiger partial charge in [0.05, 0.1) is 17.9 Å². The van der Waals surface area contributed by atoms with Gasteiger partial charge >= 0.3 is 0 Å². The third kappa shape index (κ3) is 4.02. The van der Waals surface area contributed by atoms with Gasteiger partial charge in [-0.25, -0.2) is 0 Å². The first-order valence-corrected chi connectivity index (χ1v) is 9.31. The van der Waals surface area contributed by atoms with Gasteiger partial charge in [-0.05, 0) is 38.2 Å². The SMILES string of the molecule is C[C@H](c1ccccc1)n1cnnc1SCC(=O)N[C@@](C)(C#N)C1CC1. The summed E-state index contributed by atoms with van der Waals surface area (Å²) >= 11 is 1.34. The monoisotopic (exact) mass is 355 g/mol. The Balaban J connectivity index is 1.62. The van der Waals surface area contributed by atoms with E-state index in [0.29, 0.717) is 5.16 Å². The highest BCUT2D eigenvalue weighted by molar-refractivity contribution is 7.99. The average Bonchev–Trinajstić information content (AvgIpc) is 3.39. The minimum Gasteiger partial charge on any atom is -0.337 e. The van der Waals surface area contributed by atoms with Crippen molar-refractivity contribution in [1.29, 1.82) is 5.26 Å². The number of rotatable bonds is 7. The second kappa shape index (κ2) is 7.28. The molecule has 1 N–H and O–H groups in total. The fourth-order valence-electron chi connectivity index (χ4n) is 2.83. The van der Waals surface area contributed by atoms with Crippen LogP contribution in [0.25, 0.3) is 0 Å². The molecule has 130 valence electrons. The van der Waals surface area contributed by atoms with Crippen molar-refractivity contribution in [1.82, 2.24) is 20.1 Å². The highest BCUT2D eigenvalue weighted by Crippen LogP contribution is 2.39. The molecule has 1 aromatic heterocycles. The molecule has 1 aromatic carbocycles. The molecule has 0 saturated heterocycles. The van der Waals surface area contributed by atoms with Crippen molar-refractivity contribution in [3.63, 3.8) is 0 Å². The maximum Gasteiger partial charge on any atom is 0.231 e. The van der Waals surface area contributed by atoms with Crippen molar-refractivity contribution in [3.05, 3.63) is 42.2 Å². The number of thioether (sulfide) groups is 1. The van der Waals surface area contributed by atoms with Crippen LogP contribution >= 0.6 is 11.8 Å². The number of carbonyl (C=O) groups is 1. The summed E-state index contributed by atoms with van der Waals surface area (Å²) in [5.74, 6) is 0.334. The van der Waals surface area contributed by atoms with Gasteiger partial charge in [0, 0.05) is 0 Å². The number of nitrogens with zero attached hydrogens (tertiary/aromatic N) is 4. The Labute approximate surface area is 151 Å². The quantitative estimate of drug-likeness (QED) is 0.772. The Morgan fingerprint density at radius 1 is 1.48 bits per heavy atom. The van der Waals surface area contributed by atoms with Gasteiger partial charge in [0.1, 0.15) is 11.9 Å². The highest BCUT2D eigenvalue weighted by Gasteiger charge is 2.42. The van der Waals surface area contributed by atoms with E-state index in [-0.39, 0.29) is 23.6 Å². The van der Waals surface area contributed by atoms with Crippen LogP contribution in [0.1, 0.15) is 38.3 Å². The largest absolute Gasteiger partial charge is 0.337 e. The van der Waals surface area contributed by atoms with Gasteiger partial charge in [0.25, 0.3) is 0 Å². The number of amides is 1. The number of nitriles is 1. The molecule has 0 spiro atoms. The Hall–Kier alpha value is -2.33. The van der Waals surface area contributed by atoms with Crippen molar-refractivity contribution in [2.24, 2.45) is 5.92 Å². The summed E-state index contributed by atoms with van der Waals surface area (Å²) < 4.78 is 1.96. The molecule has 7 heteroatoms. The van der Waals surface area contributed by atoms with Gasteiger partial charge in [-0.15, -0.1) is 10.2 Å². The number of benzene rings is 1. The van der Waals surface area contributed by atoms with E-state index >= 15 is 0 Å². The summed E-state index contributed by atoms with van der Waals surface area (Å²) in [5, 5.41) is 21.0. The standard InChI is InChI=1S/C18H21N5OS/c1-13(14-6-4-3-5-7-14)23-12-20-22-17(23)25-10-16(24)21-18(2,11-19)15-8-9-15/h3-7,12-13,15H,8-10H2,1-2H3,(H,21,24)/t13-,18+/m1/s1. The van der Waals surface area contributed by atoms with E-state index < -0.39 is 5.54 Å². The van der Waals surface area contributed by atoms with Gasteiger partial charge < -0.3 is 9.88 Å². The molecule has 25 heavy (non-hydrogen) atoms. The molecule has 6 nitrogen and oxygen atoms in total. The molecule has 3 rings (SSSR count). The lowest BCUT2D eigenvalue weighted by Crippen LogP contribution is -2.47. The van der Waals surface area contributed by atoms with Gasteiger partial charge in [-0.3, -0.25) is 4.79 Å². The normalized spacial score (nSPS) is 17.3. The summed E-state index contributed by atoms with van der Waals surface area (Å²) in [4.78, 5) is 12.3. The molecular formula is C18H21N5OS. The van der Waals surface area contributed by atoms with E-state index in [0.717, 1.165) is 18.4 Å². The lowest BCUT2D eigenvalue weighted by Gasteiger charge is -2.22. The number of hydrogen-bond acceptors (Lipinski definition) is 5. The number of aromatic nitrogens is 3. The molecule has 0 radical (unpaired) electrons. The molecule has 1 aliphatic rings. The van der Waals surface area contributed by atoms with E-state index in [9.17, 15) is 10.1 Å². The first-order chi connectivity index (χ1) is 12.0. The Kier molecular flexibility index (Phi) is 5.09. The molecular weight excluding hydrogens is 334 g/mol. The molecule has 1 saturated carbocycles. The molecule has 2 atom stereocenters. The minimum atomic E-state index is -0.761. The van der Waals surface area contributed by atoms with Crippen LogP contribution in [0.4, 0.5) is 0 Å². The molecule has 1 aliphatic carbocycles. The van der Waals surface area contributed by atoms with Gasteiger partial charge in [-0.1, -0.05) is 42.1 Å². The summed E-state index contributed by atoms with van der Waals surface area (Å²) in [6, 6.07) is 12.4. The predicted octanol–water partition coefficient (Wildman–Crippen LogP) is 2.79. The second-order valence-corrected chi connectivity index (χ2v) is 7.48. The van der Waals surface area contributed by atoms with Crippen LogP contribution in [0.5, 0.6) is 0 Å². The summed E-state index contributed by atoms with van der Waals surface area (Å²) in [6.07, 6.45) is 3.68. The fourth-order valence-corrected chi connectivity index (χ4v) is 3.62. The maximum absolute atomic E-state index is 12.3. The van der Waals surface area contributed by atoms with Crippen LogP contribution in [-0.2, 0) is 4.79 Å². The van der Waals surface area contributed by atoms with Crippen LogP contribution in [0.3, 0.4) is 0 Å². The first-order valence-electron chi connectivity index (χ1n) is 8.33. The first kappa shape index (κ1) is 17.5. The van der Waals surface area contributed by atoms with E-state index in [1.807, 2.05) is 22.8 Å². The molecule has 1 amide bonds. The summed E-state index contributed by atoms with van der Waals surface area (Å²) in [5.41, 5.74) is 0.391. The zero-order chi connectivity index (χ0) is 17.9.